The topological polar surface area (TPSA) is 41.1 Å². The first kappa shape index (κ1) is 16.4. The maximum Gasteiger partial charge on any atom is 0.240 e. The summed E-state index contributed by atoms with van der Waals surface area (Å²) >= 11 is 0. The second kappa shape index (κ2) is 7.00. The van der Waals surface area contributed by atoms with Crippen LogP contribution in [0.25, 0.3) is 0 Å². The van der Waals surface area contributed by atoms with Crippen molar-refractivity contribution >= 4 is 5.91 Å². The van der Waals surface area contributed by atoms with Crippen molar-refractivity contribution < 1.29 is 4.79 Å². The van der Waals surface area contributed by atoms with Crippen LogP contribution in [0.3, 0.4) is 0 Å². The van der Waals surface area contributed by atoms with E-state index in [1.54, 1.807) is 7.05 Å². The van der Waals surface area contributed by atoms with Crippen molar-refractivity contribution in [3.05, 3.63) is 0 Å². The van der Waals surface area contributed by atoms with Crippen molar-refractivity contribution in [2.45, 2.75) is 53.5 Å². The van der Waals surface area contributed by atoms with E-state index >= 15 is 0 Å². The average Bonchev–Trinajstić information content (AvgIpc) is 2.27. The third-order valence-corrected chi connectivity index (χ3v) is 4.05. The fourth-order valence-corrected chi connectivity index (χ4v) is 2.00. The molecule has 0 aromatic heterocycles. The van der Waals surface area contributed by atoms with Gasteiger partial charge in [-0.2, -0.15) is 0 Å². The lowest BCUT2D eigenvalue weighted by Gasteiger charge is -2.35. The summed E-state index contributed by atoms with van der Waals surface area (Å²) < 4.78 is 0. The Morgan fingerprint density at radius 1 is 1.24 bits per heavy atom. The van der Waals surface area contributed by atoms with Crippen LogP contribution in [0.2, 0.25) is 0 Å². The molecule has 0 aliphatic heterocycles. The number of carbonyl (C=O) groups excluding carboxylic acids is 1. The Kier molecular flexibility index (Phi) is 6.76. The fourth-order valence-electron chi connectivity index (χ4n) is 2.00. The number of likely N-dealkylation sites (N-methyl/N-ethyl adjacent to an activating group) is 1. The summed E-state index contributed by atoms with van der Waals surface area (Å²) in [7, 11) is 1.70. The largest absolute Gasteiger partial charge is 0.358 e. The lowest BCUT2D eigenvalue weighted by atomic mass is 9.85. The van der Waals surface area contributed by atoms with Crippen LogP contribution in [-0.4, -0.2) is 25.0 Å². The van der Waals surface area contributed by atoms with Gasteiger partial charge < -0.3 is 10.6 Å². The van der Waals surface area contributed by atoms with E-state index in [0.717, 1.165) is 13.0 Å². The van der Waals surface area contributed by atoms with E-state index in [4.69, 9.17) is 0 Å². The minimum atomic E-state index is -0.475. The lowest BCUT2D eigenvalue weighted by Crippen LogP contribution is -2.58. The number of amides is 1. The molecule has 0 bridgehead atoms. The summed E-state index contributed by atoms with van der Waals surface area (Å²) in [5, 5.41) is 6.22. The Morgan fingerprint density at radius 2 is 1.76 bits per heavy atom. The quantitative estimate of drug-likeness (QED) is 0.720. The average molecular weight is 242 g/mol. The molecule has 3 heteroatoms. The van der Waals surface area contributed by atoms with E-state index < -0.39 is 5.54 Å². The van der Waals surface area contributed by atoms with Crippen LogP contribution in [0.15, 0.2) is 0 Å². The first-order valence-electron chi connectivity index (χ1n) is 6.76. The Hall–Kier alpha value is -0.570. The molecule has 3 nitrogen and oxygen atoms in total. The van der Waals surface area contributed by atoms with Gasteiger partial charge in [0.05, 0.1) is 5.54 Å². The Morgan fingerprint density at radius 3 is 2.06 bits per heavy atom. The number of hydrogen-bond donors (Lipinski definition) is 2. The van der Waals surface area contributed by atoms with Crippen molar-refractivity contribution in [2.75, 3.05) is 13.6 Å². The second-order valence-corrected chi connectivity index (χ2v) is 5.73. The summed E-state index contributed by atoms with van der Waals surface area (Å²) in [5.74, 6) is 1.62. The van der Waals surface area contributed by atoms with Gasteiger partial charge in [-0.25, -0.2) is 0 Å². The van der Waals surface area contributed by atoms with Gasteiger partial charge in [0, 0.05) is 7.05 Å². The van der Waals surface area contributed by atoms with Crippen LogP contribution in [0.1, 0.15) is 48.0 Å². The molecule has 0 saturated heterocycles. The Labute approximate surface area is 107 Å². The zero-order chi connectivity index (χ0) is 13.6. The summed E-state index contributed by atoms with van der Waals surface area (Å²) in [4.78, 5) is 12.0. The van der Waals surface area contributed by atoms with E-state index in [0.29, 0.717) is 11.8 Å². The minimum Gasteiger partial charge on any atom is -0.358 e. The van der Waals surface area contributed by atoms with Gasteiger partial charge in [0.1, 0.15) is 0 Å². The molecular weight excluding hydrogens is 212 g/mol. The molecule has 17 heavy (non-hydrogen) atoms. The van der Waals surface area contributed by atoms with Gasteiger partial charge in [0.25, 0.3) is 0 Å². The zero-order valence-corrected chi connectivity index (χ0v) is 12.6. The molecule has 0 rings (SSSR count). The highest BCUT2D eigenvalue weighted by Gasteiger charge is 2.35. The second-order valence-electron chi connectivity index (χ2n) is 5.73. The predicted molar refractivity (Wildman–Crippen MR) is 73.9 cm³/mol. The molecule has 2 atom stereocenters. The van der Waals surface area contributed by atoms with Crippen LogP contribution in [0.4, 0.5) is 0 Å². The molecule has 0 spiro atoms. The van der Waals surface area contributed by atoms with Crippen LogP contribution in [0.5, 0.6) is 0 Å². The summed E-state index contributed by atoms with van der Waals surface area (Å²) in [5.41, 5.74) is -0.475. The smallest absolute Gasteiger partial charge is 0.240 e. The number of carbonyl (C=O) groups is 1. The third-order valence-electron chi connectivity index (χ3n) is 4.05. The Bertz CT molecular complexity index is 238. The first-order chi connectivity index (χ1) is 7.79. The molecule has 0 aliphatic rings. The lowest BCUT2D eigenvalue weighted by molar-refractivity contribution is -0.128. The van der Waals surface area contributed by atoms with Gasteiger partial charge in [-0.15, -0.1) is 0 Å². The van der Waals surface area contributed by atoms with E-state index in [2.05, 4.69) is 45.3 Å². The highest BCUT2D eigenvalue weighted by Crippen LogP contribution is 2.20. The maximum atomic E-state index is 12.0. The standard InChI is InChI=1S/C14H30N2O/c1-8-12(10(2)3)9-16-14(6,11(4)5)13(17)15-7/h10-12,16H,8-9H2,1-7H3,(H,15,17). The van der Waals surface area contributed by atoms with Crippen LogP contribution >= 0.6 is 0 Å². The van der Waals surface area contributed by atoms with Gasteiger partial charge in [0.15, 0.2) is 0 Å². The van der Waals surface area contributed by atoms with Crippen LogP contribution < -0.4 is 10.6 Å². The normalized spacial score (nSPS) is 17.0. The van der Waals surface area contributed by atoms with Gasteiger partial charge in [-0.3, -0.25) is 4.79 Å². The number of hydrogen-bond acceptors (Lipinski definition) is 2. The summed E-state index contributed by atoms with van der Waals surface area (Å²) in [6.45, 7) is 13.7. The Balaban J connectivity index is 4.62. The fraction of sp³-hybridized carbons (Fsp3) is 0.929. The van der Waals surface area contributed by atoms with E-state index in [9.17, 15) is 4.79 Å². The van der Waals surface area contributed by atoms with Gasteiger partial charge in [0.2, 0.25) is 5.91 Å². The molecule has 0 heterocycles. The molecule has 1 amide bonds. The number of nitrogens with one attached hydrogen (secondary N) is 2. The summed E-state index contributed by atoms with van der Waals surface area (Å²) in [6, 6.07) is 0. The highest BCUT2D eigenvalue weighted by molar-refractivity contribution is 5.85. The van der Waals surface area contributed by atoms with Crippen LogP contribution in [0, 0.1) is 17.8 Å². The SMILES string of the molecule is CCC(CNC(C)(C(=O)NC)C(C)C)C(C)C. The molecule has 102 valence electrons. The third kappa shape index (κ3) is 4.30. The van der Waals surface area contributed by atoms with Crippen molar-refractivity contribution in [3.8, 4) is 0 Å². The predicted octanol–water partition coefficient (Wildman–Crippen LogP) is 2.42. The van der Waals surface area contributed by atoms with E-state index in [-0.39, 0.29) is 11.8 Å². The molecule has 0 saturated carbocycles. The minimum absolute atomic E-state index is 0.0751. The molecule has 0 fully saturated rings. The van der Waals surface area contributed by atoms with Crippen molar-refractivity contribution in [3.63, 3.8) is 0 Å². The molecule has 0 aliphatic carbocycles. The molecule has 0 aromatic carbocycles. The molecule has 2 N–H and O–H groups in total. The monoisotopic (exact) mass is 242 g/mol. The van der Waals surface area contributed by atoms with Gasteiger partial charge >= 0.3 is 0 Å². The number of rotatable bonds is 7. The molecule has 0 aromatic rings. The van der Waals surface area contributed by atoms with Crippen molar-refractivity contribution in [2.24, 2.45) is 17.8 Å². The van der Waals surface area contributed by atoms with Crippen LogP contribution in [-0.2, 0) is 4.79 Å². The van der Waals surface area contributed by atoms with E-state index in [1.807, 2.05) is 6.92 Å². The molecule has 0 radical (unpaired) electrons. The maximum absolute atomic E-state index is 12.0. The summed E-state index contributed by atoms with van der Waals surface area (Å²) in [6.07, 6.45) is 1.15. The molecular formula is C14H30N2O. The van der Waals surface area contributed by atoms with Gasteiger partial charge in [-0.05, 0) is 31.2 Å². The zero-order valence-electron chi connectivity index (χ0n) is 12.6. The van der Waals surface area contributed by atoms with Gasteiger partial charge in [-0.1, -0.05) is 41.0 Å². The first-order valence-corrected chi connectivity index (χ1v) is 6.76. The van der Waals surface area contributed by atoms with Crippen molar-refractivity contribution in [1.82, 2.24) is 10.6 Å². The highest BCUT2D eigenvalue weighted by atomic mass is 16.2. The van der Waals surface area contributed by atoms with Crippen molar-refractivity contribution in [1.29, 1.82) is 0 Å². The molecule has 2 unspecified atom stereocenters. The van der Waals surface area contributed by atoms with E-state index in [1.165, 1.54) is 0 Å².